The Balaban J connectivity index is 1.43. The second-order valence-corrected chi connectivity index (χ2v) is 9.13. The first-order valence-corrected chi connectivity index (χ1v) is 11.1. The Labute approximate surface area is 174 Å². The lowest BCUT2D eigenvalue weighted by atomic mass is 9.76. The maximum atomic E-state index is 12.6. The van der Waals surface area contributed by atoms with Crippen LogP contribution in [0, 0.1) is 6.92 Å². The predicted molar refractivity (Wildman–Crippen MR) is 110 cm³/mol. The third-order valence-corrected chi connectivity index (χ3v) is 6.53. The van der Waals surface area contributed by atoms with Crippen LogP contribution in [0.25, 0.3) is 0 Å². The van der Waals surface area contributed by atoms with Crippen molar-refractivity contribution < 1.29 is 17.6 Å². The number of aromatic amines is 1. The van der Waals surface area contributed by atoms with Crippen LogP contribution < -0.4 is 15.4 Å². The highest BCUT2D eigenvalue weighted by atomic mass is 32.2. The van der Waals surface area contributed by atoms with Crippen LogP contribution in [0.3, 0.4) is 0 Å². The summed E-state index contributed by atoms with van der Waals surface area (Å²) in [5.41, 5.74) is 0.781. The van der Waals surface area contributed by atoms with E-state index in [0.29, 0.717) is 11.4 Å². The number of rotatable bonds is 7. The van der Waals surface area contributed by atoms with Gasteiger partial charge in [0.2, 0.25) is 10.0 Å². The molecule has 0 aliphatic heterocycles. The number of hydrogen-bond donors (Lipinski definition) is 4. The van der Waals surface area contributed by atoms with Gasteiger partial charge in [-0.1, -0.05) is 6.07 Å². The van der Waals surface area contributed by atoms with Crippen LogP contribution in [0.2, 0.25) is 0 Å². The van der Waals surface area contributed by atoms with Gasteiger partial charge in [0.15, 0.2) is 0 Å². The Morgan fingerprint density at radius 2 is 2.10 bits per heavy atom. The fourth-order valence-electron chi connectivity index (χ4n) is 3.39. The molecule has 1 aliphatic carbocycles. The summed E-state index contributed by atoms with van der Waals surface area (Å²) in [4.78, 5) is 20.2. The van der Waals surface area contributed by atoms with Gasteiger partial charge < -0.3 is 20.0 Å². The molecule has 30 heavy (non-hydrogen) atoms. The molecular weight excluding hydrogens is 406 g/mol. The first-order chi connectivity index (χ1) is 14.4. The molecule has 0 radical (unpaired) electrons. The summed E-state index contributed by atoms with van der Waals surface area (Å²) in [6, 6.07) is 9.04. The monoisotopic (exact) mass is 429 g/mol. The van der Waals surface area contributed by atoms with Crippen molar-refractivity contribution in [3.63, 3.8) is 0 Å². The molecule has 0 atom stereocenters. The zero-order valence-corrected chi connectivity index (χ0v) is 17.3. The van der Waals surface area contributed by atoms with E-state index >= 15 is 0 Å². The van der Waals surface area contributed by atoms with Gasteiger partial charge in [-0.25, -0.2) is 22.9 Å². The van der Waals surface area contributed by atoms with Crippen molar-refractivity contribution in [2.45, 2.75) is 43.2 Å². The molecule has 4 rings (SSSR count). The average molecular weight is 430 g/mol. The van der Waals surface area contributed by atoms with E-state index in [1.165, 1.54) is 18.4 Å². The number of amides is 2. The third-order valence-electron chi connectivity index (χ3n) is 5.13. The van der Waals surface area contributed by atoms with E-state index in [-0.39, 0.29) is 11.4 Å². The fraction of sp³-hybridized carbons (Fsp3) is 0.300. The maximum absolute atomic E-state index is 12.6. The van der Waals surface area contributed by atoms with Gasteiger partial charge in [-0.3, -0.25) is 0 Å². The van der Waals surface area contributed by atoms with Gasteiger partial charge in [-0.2, -0.15) is 0 Å². The number of urea groups is 1. The molecule has 0 unspecified atom stereocenters. The van der Waals surface area contributed by atoms with E-state index in [2.05, 4.69) is 25.3 Å². The normalized spacial score (nSPS) is 15.4. The number of H-pyrrole nitrogens is 1. The van der Waals surface area contributed by atoms with E-state index in [1.807, 2.05) is 6.92 Å². The molecule has 0 spiro atoms. The van der Waals surface area contributed by atoms with E-state index in [1.54, 1.807) is 30.5 Å². The number of benzene rings is 1. The smallest absolute Gasteiger partial charge is 0.320 e. The number of nitrogens with zero attached hydrogens (tertiary/aromatic N) is 1. The number of imidazole rings is 1. The van der Waals surface area contributed by atoms with Crippen LogP contribution in [-0.4, -0.2) is 24.4 Å². The molecule has 1 fully saturated rings. The topological polar surface area (TPSA) is 129 Å². The SMILES string of the molecule is Cc1cnc(C2(NC(=O)Nc3cccc(S(=O)(=O)NCc4ccco4)c3)CCC2)[nH]1. The predicted octanol–water partition coefficient (Wildman–Crippen LogP) is 2.99. The largest absolute Gasteiger partial charge is 0.468 e. The van der Waals surface area contributed by atoms with Crippen LogP contribution in [0.5, 0.6) is 0 Å². The molecule has 9 nitrogen and oxygen atoms in total. The molecule has 1 saturated carbocycles. The van der Waals surface area contributed by atoms with E-state index < -0.39 is 21.6 Å². The minimum Gasteiger partial charge on any atom is -0.468 e. The van der Waals surface area contributed by atoms with Gasteiger partial charge in [0.05, 0.1) is 23.2 Å². The first kappa shape index (κ1) is 20.2. The second-order valence-electron chi connectivity index (χ2n) is 7.36. The van der Waals surface area contributed by atoms with E-state index in [9.17, 15) is 13.2 Å². The van der Waals surface area contributed by atoms with Crippen molar-refractivity contribution in [2.75, 3.05) is 5.32 Å². The van der Waals surface area contributed by atoms with Crippen LogP contribution in [-0.2, 0) is 22.1 Å². The highest BCUT2D eigenvalue weighted by molar-refractivity contribution is 7.89. The third kappa shape index (κ3) is 4.24. The Morgan fingerprint density at radius 1 is 1.27 bits per heavy atom. The van der Waals surface area contributed by atoms with E-state index in [0.717, 1.165) is 30.8 Å². The number of carbonyl (C=O) groups is 1. The van der Waals surface area contributed by atoms with Crippen LogP contribution in [0.1, 0.15) is 36.5 Å². The van der Waals surface area contributed by atoms with E-state index in [4.69, 9.17) is 4.42 Å². The molecule has 2 aromatic heterocycles. The summed E-state index contributed by atoms with van der Waals surface area (Å²) >= 11 is 0. The van der Waals surface area contributed by atoms with Gasteiger partial charge in [0.1, 0.15) is 11.6 Å². The fourth-order valence-corrected chi connectivity index (χ4v) is 4.43. The molecule has 3 aromatic rings. The molecular formula is C20H23N5O4S. The molecule has 4 N–H and O–H groups in total. The lowest BCUT2D eigenvalue weighted by Gasteiger charge is -2.40. The zero-order chi connectivity index (χ0) is 21.2. The number of hydrogen-bond acceptors (Lipinski definition) is 5. The molecule has 2 heterocycles. The molecule has 1 aliphatic rings. The summed E-state index contributed by atoms with van der Waals surface area (Å²) in [5.74, 6) is 1.24. The van der Waals surface area contributed by atoms with Crippen molar-refractivity contribution in [1.29, 1.82) is 0 Å². The Morgan fingerprint density at radius 3 is 2.73 bits per heavy atom. The lowest BCUT2D eigenvalue weighted by molar-refractivity contribution is 0.176. The zero-order valence-electron chi connectivity index (χ0n) is 16.4. The van der Waals surface area contributed by atoms with Gasteiger partial charge in [0, 0.05) is 17.6 Å². The molecule has 2 amide bonds. The number of nitrogens with one attached hydrogen (secondary N) is 4. The summed E-state index contributed by atoms with van der Waals surface area (Å²) in [6.07, 6.45) is 5.79. The van der Waals surface area contributed by atoms with Crippen molar-refractivity contribution in [3.8, 4) is 0 Å². The Hall–Kier alpha value is -3.11. The number of aromatic nitrogens is 2. The summed E-state index contributed by atoms with van der Waals surface area (Å²) in [5, 5.41) is 5.71. The van der Waals surface area contributed by atoms with Crippen molar-refractivity contribution in [2.24, 2.45) is 0 Å². The average Bonchev–Trinajstić information content (AvgIpc) is 3.35. The molecule has 0 saturated heterocycles. The quantitative estimate of drug-likeness (QED) is 0.459. The van der Waals surface area contributed by atoms with Gasteiger partial charge in [-0.15, -0.1) is 0 Å². The van der Waals surface area contributed by atoms with Crippen LogP contribution in [0.15, 0.2) is 58.2 Å². The number of aryl methyl sites for hydroxylation is 1. The molecule has 1 aromatic carbocycles. The Bertz CT molecular complexity index is 1130. The number of furan rings is 1. The highest BCUT2D eigenvalue weighted by Crippen LogP contribution is 2.39. The lowest BCUT2D eigenvalue weighted by Crippen LogP contribution is -2.52. The minimum atomic E-state index is -3.76. The standard InChI is InChI=1S/C20H23N5O4S/c1-14-12-21-18(23-14)20(8-4-9-20)25-19(26)24-15-5-2-7-17(11-15)30(27,28)22-13-16-6-3-10-29-16/h2-3,5-7,10-12,22H,4,8-9,13H2,1H3,(H,21,23)(H2,24,25,26). The number of anilines is 1. The Kier molecular flexibility index (Phi) is 5.35. The van der Waals surface area contributed by atoms with Gasteiger partial charge >= 0.3 is 6.03 Å². The second kappa shape index (κ2) is 7.96. The van der Waals surface area contributed by atoms with Crippen LogP contribution >= 0.6 is 0 Å². The first-order valence-electron chi connectivity index (χ1n) is 9.60. The van der Waals surface area contributed by atoms with Crippen LogP contribution in [0.4, 0.5) is 10.5 Å². The summed E-state index contributed by atoms with van der Waals surface area (Å²) in [7, 11) is -3.76. The van der Waals surface area contributed by atoms with Crippen molar-refractivity contribution in [3.05, 3.63) is 66.1 Å². The van der Waals surface area contributed by atoms with Gasteiger partial charge in [-0.05, 0) is 56.5 Å². The molecule has 158 valence electrons. The molecule has 10 heteroatoms. The molecule has 0 bridgehead atoms. The summed E-state index contributed by atoms with van der Waals surface area (Å²) < 4.78 is 32.7. The van der Waals surface area contributed by atoms with Crippen molar-refractivity contribution >= 4 is 21.7 Å². The highest BCUT2D eigenvalue weighted by Gasteiger charge is 2.42. The van der Waals surface area contributed by atoms with Crippen molar-refractivity contribution in [1.82, 2.24) is 20.0 Å². The maximum Gasteiger partial charge on any atom is 0.320 e. The summed E-state index contributed by atoms with van der Waals surface area (Å²) in [6.45, 7) is 1.95. The van der Waals surface area contributed by atoms with Gasteiger partial charge in [0.25, 0.3) is 0 Å². The number of sulfonamides is 1. The minimum absolute atomic E-state index is 0.0402. The number of carbonyl (C=O) groups excluding carboxylic acids is 1.